The fraction of sp³-hybridized carbons (Fsp3) is 0.250. The molecule has 2 aromatic carbocycles. The van der Waals surface area contributed by atoms with Gasteiger partial charge in [0.2, 0.25) is 22.7 Å². The summed E-state index contributed by atoms with van der Waals surface area (Å²) in [5, 5.41) is 10.3. The minimum Gasteiger partial charge on any atom is -0.454 e. The van der Waals surface area contributed by atoms with Crippen LogP contribution in [0.5, 0.6) is 11.5 Å². The van der Waals surface area contributed by atoms with Crippen LogP contribution in [0.1, 0.15) is 24.2 Å². The normalized spacial score (nSPS) is 13.1. The lowest BCUT2D eigenvalue weighted by Crippen LogP contribution is -2.33. The Kier molecular flexibility index (Phi) is 5.38. The lowest BCUT2D eigenvalue weighted by molar-refractivity contribution is 0.102. The van der Waals surface area contributed by atoms with Crippen molar-refractivity contribution in [3.05, 3.63) is 48.0 Å². The third kappa shape index (κ3) is 4.09. The number of nitrogens with one attached hydrogen (secondary N) is 1. The first-order valence-corrected chi connectivity index (χ1v) is 10.8. The van der Waals surface area contributed by atoms with E-state index in [4.69, 9.17) is 13.9 Å². The first-order chi connectivity index (χ1) is 14.8. The molecular weight excluding hydrogens is 424 g/mol. The highest BCUT2D eigenvalue weighted by atomic mass is 32.2. The van der Waals surface area contributed by atoms with Crippen LogP contribution < -0.4 is 14.8 Å². The molecule has 162 valence electrons. The van der Waals surface area contributed by atoms with Crippen LogP contribution in [0.4, 0.5) is 6.01 Å². The molecule has 1 aliphatic heterocycles. The minimum atomic E-state index is -3.63. The monoisotopic (exact) mass is 444 g/mol. The lowest BCUT2D eigenvalue weighted by atomic mass is 10.2. The number of carbonyl (C=O) groups excluding carboxylic acids is 1. The highest BCUT2D eigenvalue weighted by Crippen LogP contribution is 2.35. The maximum absolute atomic E-state index is 12.5. The highest BCUT2D eigenvalue weighted by Gasteiger charge is 2.23. The van der Waals surface area contributed by atoms with Gasteiger partial charge in [0.05, 0.1) is 4.90 Å². The number of nitrogens with zero attached hydrogens (tertiary/aromatic N) is 3. The molecule has 3 aromatic rings. The number of amides is 1. The molecule has 0 radical (unpaired) electrons. The second-order valence-electron chi connectivity index (χ2n) is 7.07. The van der Waals surface area contributed by atoms with Crippen LogP contribution in [0, 0.1) is 0 Å². The SMILES string of the molecule is CC(C)N(C)S(=O)(=O)c1ccc(C(=O)Nc2nnc(-c3ccc4c(c3)OCO4)o2)cc1. The zero-order valence-electron chi connectivity index (χ0n) is 17.0. The summed E-state index contributed by atoms with van der Waals surface area (Å²) in [6.45, 7) is 3.71. The zero-order valence-corrected chi connectivity index (χ0v) is 17.8. The number of benzene rings is 2. The van der Waals surface area contributed by atoms with E-state index in [-0.39, 0.29) is 35.2 Å². The number of fused-ring (bicyclic) bond motifs is 1. The van der Waals surface area contributed by atoms with Crippen molar-refractivity contribution in [3.8, 4) is 23.0 Å². The van der Waals surface area contributed by atoms with Crippen molar-refractivity contribution in [2.45, 2.75) is 24.8 Å². The smallest absolute Gasteiger partial charge is 0.322 e. The molecule has 0 bridgehead atoms. The van der Waals surface area contributed by atoms with E-state index in [0.29, 0.717) is 17.1 Å². The Morgan fingerprint density at radius 3 is 2.48 bits per heavy atom. The van der Waals surface area contributed by atoms with Crippen molar-refractivity contribution in [3.63, 3.8) is 0 Å². The molecule has 31 heavy (non-hydrogen) atoms. The number of sulfonamides is 1. The average molecular weight is 444 g/mol. The predicted octanol–water partition coefficient (Wildman–Crippen LogP) is 2.75. The Morgan fingerprint density at radius 1 is 1.06 bits per heavy atom. The van der Waals surface area contributed by atoms with Gasteiger partial charge in [0.1, 0.15) is 0 Å². The van der Waals surface area contributed by atoms with Crippen molar-refractivity contribution in [1.29, 1.82) is 0 Å². The number of aromatic nitrogens is 2. The van der Waals surface area contributed by atoms with E-state index in [2.05, 4.69) is 15.5 Å². The molecule has 0 fully saturated rings. The van der Waals surface area contributed by atoms with Gasteiger partial charge in [0, 0.05) is 24.2 Å². The summed E-state index contributed by atoms with van der Waals surface area (Å²) < 4.78 is 42.4. The Balaban J connectivity index is 1.47. The van der Waals surface area contributed by atoms with Crippen LogP contribution >= 0.6 is 0 Å². The van der Waals surface area contributed by atoms with Gasteiger partial charge in [-0.2, -0.15) is 4.31 Å². The summed E-state index contributed by atoms with van der Waals surface area (Å²) in [5.74, 6) is 0.884. The molecule has 2 heterocycles. The van der Waals surface area contributed by atoms with E-state index < -0.39 is 15.9 Å². The van der Waals surface area contributed by atoms with Gasteiger partial charge in [-0.25, -0.2) is 8.42 Å². The molecule has 4 rings (SSSR count). The summed E-state index contributed by atoms with van der Waals surface area (Å²) in [6, 6.07) is 10.5. The van der Waals surface area contributed by atoms with Gasteiger partial charge < -0.3 is 13.9 Å². The standard InChI is InChI=1S/C20H20N4O6S/c1-12(2)24(3)31(26,27)15-7-4-13(5-8-15)18(25)21-20-23-22-19(30-20)14-6-9-16-17(10-14)29-11-28-16/h4-10,12H,11H2,1-3H3,(H,21,23,25). The van der Waals surface area contributed by atoms with Crippen LogP contribution in [0.15, 0.2) is 51.8 Å². The third-order valence-corrected chi connectivity index (χ3v) is 6.83. The van der Waals surface area contributed by atoms with Gasteiger partial charge in [-0.1, -0.05) is 5.10 Å². The highest BCUT2D eigenvalue weighted by molar-refractivity contribution is 7.89. The molecule has 10 nitrogen and oxygen atoms in total. The van der Waals surface area contributed by atoms with Crippen molar-refractivity contribution >= 4 is 21.9 Å². The third-order valence-electron chi connectivity index (χ3n) is 4.79. The summed E-state index contributed by atoms with van der Waals surface area (Å²) in [4.78, 5) is 12.6. The van der Waals surface area contributed by atoms with E-state index in [1.165, 1.54) is 35.6 Å². The first-order valence-electron chi connectivity index (χ1n) is 9.38. The van der Waals surface area contributed by atoms with Gasteiger partial charge in [-0.05, 0) is 56.3 Å². The maximum atomic E-state index is 12.5. The Hall–Kier alpha value is -3.44. The van der Waals surface area contributed by atoms with Gasteiger partial charge in [-0.15, -0.1) is 5.10 Å². The largest absolute Gasteiger partial charge is 0.454 e. The molecule has 0 saturated heterocycles. The van der Waals surface area contributed by atoms with E-state index in [0.717, 1.165) is 0 Å². The molecule has 0 spiro atoms. The second-order valence-corrected chi connectivity index (χ2v) is 9.07. The molecule has 1 amide bonds. The van der Waals surface area contributed by atoms with E-state index in [9.17, 15) is 13.2 Å². The Bertz CT molecular complexity index is 1220. The molecule has 1 aliphatic rings. The van der Waals surface area contributed by atoms with Gasteiger partial charge in [-0.3, -0.25) is 10.1 Å². The molecule has 0 saturated carbocycles. The summed E-state index contributed by atoms with van der Waals surface area (Å²) in [7, 11) is -2.12. The van der Waals surface area contributed by atoms with Crippen LogP contribution in [0.3, 0.4) is 0 Å². The molecule has 0 aliphatic carbocycles. The first kappa shape index (κ1) is 20.8. The number of ether oxygens (including phenoxy) is 2. The molecular formula is C20H20N4O6S. The number of hydrogen-bond donors (Lipinski definition) is 1. The quantitative estimate of drug-likeness (QED) is 0.615. The lowest BCUT2D eigenvalue weighted by Gasteiger charge is -2.20. The van der Waals surface area contributed by atoms with Crippen LogP contribution in [0.25, 0.3) is 11.5 Å². The summed E-state index contributed by atoms with van der Waals surface area (Å²) in [5.41, 5.74) is 0.857. The predicted molar refractivity (Wildman–Crippen MR) is 110 cm³/mol. The van der Waals surface area contributed by atoms with Crippen LogP contribution in [-0.2, 0) is 10.0 Å². The maximum Gasteiger partial charge on any atom is 0.322 e. The molecule has 11 heteroatoms. The Morgan fingerprint density at radius 2 is 1.77 bits per heavy atom. The van der Waals surface area contributed by atoms with Gasteiger partial charge in [0.15, 0.2) is 11.5 Å². The molecule has 1 aromatic heterocycles. The summed E-state index contributed by atoms with van der Waals surface area (Å²) in [6.07, 6.45) is 0. The minimum absolute atomic E-state index is 0.0890. The van der Waals surface area contributed by atoms with Gasteiger partial charge >= 0.3 is 6.01 Å². The number of anilines is 1. The number of rotatable bonds is 6. The Labute approximate surface area is 178 Å². The topological polar surface area (TPSA) is 124 Å². The van der Waals surface area contributed by atoms with Crippen molar-refractivity contribution in [1.82, 2.24) is 14.5 Å². The van der Waals surface area contributed by atoms with Crippen LogP contribution in [0.2, 0.25) is 0 Å². The van der Waals surface area contributed by atoms with E-state index >= 15 is 0 Å². The van der Waals surface area contributed by atoms with Crippen molar-refractivity contribution in [2.24, 2.45) is 0 Å². The zero-order chi connectivity index (χ0) is 22.2. The molecule has 0 unspecified atom stereocenters. The number of carbonyl (C=O) groups is 1. The average Bonchev–Trinajstić information content (AvgIpc) is 3.41. The van der Waals surface area contributed by atoms with E-state index in [1.807, 2.05) is 0 Å². The molecule has 1 N–H and O–H groups in total. The van der Waals surface area contributed by atoms with E-state index in [1.54, 1.807) is 32.0 Å². The fourth-order valence-corrected chi connectivity index (χ4v) is 4.18. The second kappa shape index (κ2) is 8.00. The van der Waals surface area contributed by atoms with Crippen molar-refractivity contribution < 1.29 is 27.1 Å². The van der Waals surface area contributed by atoms with Crippen molar-refractivity contribution in [2.75, 3.05) is 19.2 Å². The van der Waals surface area contributed by atoms with Crippen LogP contribution in [-0.4, -0.2) is 48.7 Å². The molecule has 0 atom stereocenters. The summed E-state index contributed by atoms with van der Waals surface area (Å²) >= 11 is 0. The fourth-order valence-electron chi connectivity index (χ4n) is 2.81. The van der Waals surface area contributed by atoms with Gasteiger partial charge in [0.25, 0.3) is 5.91 Å². The number of hydrogen-bond acceptors (Lipinski definition) is 8.